The number of nitrogens with zero attached hydrogens (tertiary/aromatic N) is 5. The first-order valence-corrected chi connectivity index (χ1v) is 32.5. The van der Waals surface area contributed by atoms with E-state index in [1.807, 2.05) is 6.26 Å². The number of hydrogen-bond donors (Lipinski definition) is 20. The van der Waals surface area contributed by atoms with Crippen LogP contribution in [0.25, 0.3) is 10.7 Å². The molecular formula is C54H80N16O22S3. The molecule has 2 aliphatic heterocycles. The molecule has 41 heteroatoms. The number of carboxylic acids is 1. The Hall–Kier alpha value is -7.30. The highest BCUT2D eigenvalue weighted by Gasteiger charge is 2.54. The molecule has 6 rings (SSSR count). The van der Waals surface area contributed by atoms with Gasteiger partial charge in [-0.3, -0.25) is 33.6 Å². The van der Waals surface area contributed by atoms with Crippen LogP contribution in [0.5, 0.6) is 0 Å². The van der Waals surface area contributed by atoms with E-state index in [1.165, 1.54) is 50.4 Å². The predicted molar refractivity (Wildman–Crippen MR) is 332 cm³/mol. The number of aliphatic carboxylic acids is 1. The average molecular weight is 1400 g/mol. The minimum Gasteiger partial charge on any atom is -0.480 e. The predicted octanol–water partition coefficient (Wildman–Crippen LogP) is -6.62. The quantitative estimate of drug-likeness (QED) is 0.0190. The van der Waals surface area contributed by atoms with Gasteiger partial charge in [0.05, 0.1) is 66.6 Å². The number of carboxylic acid groups (broad SMARTS) is 1. The van der Waals surface area contributed by atoms with E-state index in [4.69, 9.17) is 46.6 Å². The lowest BCUT2D eigenvalue weighted by molar-refractivity contribution is -0.372. The molecule has 0 radical (unpaired) electrons. The van der Waals surface area contributed by atoms with Crippen LogP contribution in [0.2, 0.25) is 0 Å². The topological polar surface area (TPSA) is 621 Å². The normalized spacial score (nSPS) is 24.1. The Balaban J connectivity index is 1.27. The maximum Gasteiger partial charge on any atom is 0.404 e. The molecule has 19 atom stereocenters. The molecule has 2 saturated heterocycles. The molecule has 2 fully saturated rings. The molecule has 526 valence electrons. The van der Waals surface area contributed by atoms with Crippen LogP contribution in [0.15, 0.2) is 23.3 Å². The van der Waals surface area contributed by atoms with E-state index in [1.54, 1.807) is 22.5 Å². The number of aliphatic hydroxyl groups excluding tert-OH is 8. The Morgan fingerprint density at radius 1 is 0.800 bits per heavy atom. The molecule has 0 saturated carbocycles. The molecule has 0 aromatic carbocycles. The Kier molecular flexibility index (Phi) is 28.8. The average Bonchev–Trinajstić information content (AvgIpc) is 1.31. The molecule has 0 spiro atoms. The summed E-state index contributed by atoms with van der Waals surface area (Å²) in [5.41, 5.74) is 22.5. The number of carbonyl (C=O) groups is 8. The van der Waals surface area contributed by atoms with Crippen LogP contribution in [0, 0.1) is 12.8 Å². The van der Waals surface area contributed by atoms with Crippen LogP contribution in [0.3, 0.4) is 0 Å². The van der Waals surface area contributed by atoms with E-state index in [0.717, 1.165) is 24.7 Å². The molecule has 38 nitrogen and oxygen atoms in total. The van der Waals surface area contributed by atoms with Crippen molar-refractivity contribution in [2.24, 2.45) is 23.1 Å². The number of nitrogen functional groups attached to an aromatic ring is 1. The molecular weight excluding hydrogens is 1320 g/mol. The lowest BCUT2D eigenvalue weighted by atomic mass is 9.96. The number of nitrogens with one attached hydrogen (secondary N) is 7. The van der Waals surface area contributed by atoms with E-state index >= 15 is 4.79 Å². The van der Waals surface area contributed by atoms with Gasteiger partial charge in [-0.25, -0.2) is 29.7 Å². The summed E-state index contributed by atoms with van der Waals surface area (Å²) in [6, 6.07) is -8.15. The van der Waals surface area contributed by atoms with Crippen LogP contribution in [0.4, 0.5) is 10.6 Å². The van der Waals surface area contributed by atoms with Crippen molar-refractivity contribution in [2.75, 3.05) is 50.6 Å². The number of aliphatic hydroxyl groups is 8. The van der Waals surface area contributed by atoms with Gasteiger partial charge in [0.2, 0.25) is 23.6 Å². The van der Waals surface area contributed by atoms with Gasteiger partial charge in [-0.1, -0.05) is 6.92 Å². The number of hydrogen-bond acceptors (Lipinski definition) is 32. The first kappa shape index (κ1) is 76.7. The van der Waals surface area contributed by atoms with Gasteiger partial charge in [-0.15, -0.1) is 22.7 Å². The van der Waals surface area contributed by atoms with Crippen LogP contribution < -0.4 is 54.8 Å². The van der Waals surface area contributed by atoms with Crippen LogP contribution in [-0.4, -0.2) is 266 Å². The molecule has 2 aliphatic rings. The highest BCUT2D eigenvalue weighted by molar-refractivity contribution is 7.98. The summed E-state index contributed by atoms with van der Waals surface area (Å²) >= 11 is 4.18. The van der Waals surface area contributed by atoms with Crippen molar-refractivity contribution in [1.29, 1.82) is 0 Å². The number of thioether (sulfide) groups is 1. The molecule has 7 amide bonds. The minimum atomic E-state index is -2.20. The molecule has 6 heterocycles. The molecule has 0 unspecified atom stereocenters. The van der Waals surface area contributed by atoms with Gasteiger partial charge in [0.25, 0.3) is 11.8 Å². The lowest BCUT2D eigenvalue weighted by Gasteiger charge is -2.47. The molecule has 4 aromatic rings. The zero-order valence-electron chi connectivity index (χ0n) is 51.7. The van der Waals surface area contributed by atoms with Crippen LogP contribution >= 0.6 is 34.4 Å². The Morgan fingerprint density at radius 3 is 2.13 bits per heavy atom. The van der Waals surface area contributed by atoms with Crippen LogP contribution in [0.1, 0.15) is 88.8 Å². The second kappa shape index (κ2) is 35.6. The second-order valence-electron chi connectivity index (χ2n) is 22.1. The zero-order chi connectivity index (χ0) is 70.1. The molecule has 0 bridgehead atoms. The van der Waals surface area contributed by atoms with Crippen molar-refractivity contribution in [2.45, 2.75) is 157 Å². The van der Waals surface area contributed by atoms with Gasteiger partial charge >= 0.3 is 12.1 Å². The molecule has 95 heavy (non-hydrogen) atoms. The number of aromatic amines is 1. The van der Waals surface area contributed by atoms with Gasteiger partial charge in [0, 0.05) is 48.8 Å². The van der Waals surface area contributed by atoms with Gasteiger partial charge in [-0.2, -0.15) is 11.8 Å². The summed E-state index contributed by atoms with van der Waals surface area (Å²) in [7, 11) is 0. The smallest absolute Gasteiger partial charge is 0.404 e. The number of carbonyl (C=O) groups excluding carboxylic acids is 7. The summed E-state index contributed by atoms with van der Waals surface area (Å²) in [6.07, 6.45) is -22.5. The number of primary amides is 2. The van der Waals surface area contributed by atoms with E-state index < -0.39 is 195 Å². The van der Waals surface area contributed by atoms with Crippen molar-refractivity contribution in [3.05, 3.63) is 56.8 Å². The SMILES string of the molecule is CSCCCNC(=O)c1csc(-c2csc(CCNC(=O)[C@@H](NC(=O)[C@@H](C)[C@H](O)[C@@H](C)NC(=O)[C@@H](NC(=O)c3nc([C@H](CC(N)=O)NC[C@H](N)C(=O)O)nc(N)c3C)[C@@H](O[C@@H]3O[C@@H](CO)[C@@H](O)[C@H](O)[C@@H]3O[C@H]3O[C@H](CO)[C@@H](O)[C@H](OC(N)=O)[C@@H]3O)c3cnc[nH]3)[C@@H](C)O)n2)n1. The number of amides is 7. The van der Waals surface area contributed by atoms with Gasteiger partial charge in [0.15, 0.2) is 18.7 Å². The summed E-state index contributed by atoms with van der Waals surface area (Å²) < 4.78 is 28.7. The van der Waals surface area contributed by atoms with E-state index in [2.05, 4.69) is 61.8 Å². The van der Waals surface area contributed by atoms with E-state index in [0.29, 0.717) is 22.3 Å². The number of imidazole rings is 1. The maximum atomic E-state index is 15.2. The lowest BCUT2D eigenvalue weighted by Crippen LogP contribution is -2.65. The number of H-pyrrole nitrogens is 1. The van der Waals surface area contributed by atoms with Gasteiger partial charge in [0.1, 0.15) is 101 Å². The van der Waals surface area contributed by atoms with E-state index in [9.17, 15) is 79.5 Å². The molecule has 0 aliphatic carbocycles. The third-order valence-corrected chi connectivity index (χ3v) is 17.5. The van der Waals surface area contributed by atoms with Crippen molar-refractivity contribution in [3.8, 4) is 10.7 Å². The zero-order valence-corrected chi connectivity index (χ0v) is 54.2. The standard InChI is InChI=1S/C54H80N16O22S3/c1-19-32(67-44(70-43(19)57)24(11-30(56)74)62-12-23(55)51(85)86)48(83)69-34(40(25-13-59-18-63-25)90-53-42(38(78)36(76)28(14-71)89-53)91-52-39(79)41(92-54(58)87)37(77)29(15-72)88-52)49(84)64-21(3)35(75)20(2)45(80)68-33(22(4)73)47(82)61-9-7-31-65-27(17-94-31)50-66-26(16-95-50)46(81)60-8-6-10-93-5/h13,16-18,20-24,28-29,33-42,52-53,62,71-73,75-79H,6-12,14-15,55H2,1-5H3,(H2,56,74)(H2,58,87)(H,59,63)(H,60,81)(H,61,82)(H,64,84)(H,68,80)(H,69,83)(H,85,86)(H2,57,67,70)/t20-,21+,22+,23-,24-,28-,29+,33-,34-,35-,36+,37+,38-,39-,40-,41-,42-,52+,53-/m0/s1. The van der Waals surface area contributed by atoms with Gasteiger partial charge < -0.3 is 129 Å². The molecule has 24 N–H and O–H groups in total. The largest absolute Gasteiger partial charge is 0.480 e. The number of anilines is 1. The number of ether oxygens (including phenoxy) is 5. The van der Waals surface area contributed by atoms with Crippen molar-refractivity contribution >= 4 is 87.8 Å². The fourth-order valence-electron chi connectivity index (χ4n) is 9.64. The summed E-state index contributed by atoms with van der Waals surface area (Å²) in [5.74, 6) is -8.45. The Labute approximate surface area is 553 Å². The fourth-order valence-corrected chi connectivity index (χ4v) is 11.7. The Morgan fingerprint density at radius 2 is 1.49 bits per heavy atom. The third kappa shape index (κ3) is 20.4. The number of thiazole rings is 2. The fraction of sp³-hybridized carbons (Fsp3) is 0.611. The highest BCUT2D eigenvalue weighted by Crippen LogP contribution is 2.35. The van der Waals surface area contributed by atoms with Crippen molar-refractivity contribution < 1.29 is 108 Å². The number of aromatic nitrogens is 6. The summed E-state index contributed by atoms with van der Waals surface area (Å²) in [6.45, 7) is 2.98. The van der Waals surface area contributed by atoms with E-state index in [-0.39, 0.29) is 41.6 Å². The summed E-state index contributed by atoms with van der Waals surface area (Å²) in [5, 5.41) is 117. The maximum absolute atomic E-state index is 15.2. The minimum absolute atomic E-state index is 0.00966. The van der Waals surface area contributed by atoms with Crippen molar-refractivity contribution in [3.63, 3.8) is 0 Å². The number of rotatable bonds is 35. The second-order valence-corrected chi connectivity index (χ2v) is 24.8. The van der Waals surface area contributed by atoms with Crippen LogP contribution in [-0.2, 0) is 54.1 Å². The monoisotopic (exact) mass is 1400 g/mol. The summed E-state index contributed by atoms with van der Waals surface area (Å²) in [4.78, 5) is 130. The third-order valence-electron chi connectivity index (χ3n) is 15.0. The van der Waals surface area contributed by atoms with Crippen molar-refractivity contribution in [1.82, 2.24) is 61.8 Å². The number of nitrogens with two attached hydrogens (primary N) is 4. The first-order chi connectivity index (χ1) is 45.0. The van der Waals surface area contributed by atoms with Gasteiger partial charge in [-0.05, 0) is 39.2 Å². The Bertz CT molecular complexity index is 3240. The molecule has 4 aromatic heterocycles. The first-order valence-electron chi connectivity index (χ1n) is 29.4. The highest BCUT2D eigenvalue weighted by atomic mass is 32.2.